The fourth-order valence-electron chi connectivity index (χ4n) is 1.11. The molecule has 1 aromatic carbocycles. The van der Waals surface area contributed by atoms with Crippen LogP contribution in [0.25, 0.3) is 0 Å². The predicted octanol–water partition coefficient (Wildman–Crippen LogP) is 1.94. The summed E-state index contributed by atoms with van der Waals surface area (Å²) in [6.07, 6.45) is 0. The van der Waals surface area contributed by atoms with Gasteiger partial charge in [0.15, 0.2) is 5.82 Å². The van der Waals surface area contributed by atoms with E-state index in [9.17, 15) is 4.39 Å². The van der Waals surface area contributed by atoms with E-state index in [-0.39, 0.29) is 5.82 Å². The highest BCUT2D eigenvalue weighted by atomic mass is 19.1. The van der Waals surface area contributed by atoms with Crippen molar-refractivity contribution in [1.29, 1.82) is 0 Å². The molecule has 2 aromatic rings. The number of anilines is 3. The molecule has 1 aromatic heterocycles. The maximum atomic E-state index is 13.2. The van der Waals surface area contributed by atoms with Gasteiger partial charge in [0, 0.05) is 0 Å². The summed E-state index contributed by atoms with van der Waals surface area (Å²) in [6, 6.07) is 9.57. The monoisotopic (exact) mass is 204 g/mol. The van der Waals surface area contributed by atoms with E-state index in [4.69, 9.17) is 5.73 Å². The highest BCUT2D eigenvalue weighted by molar-refractivity contribution is 5.56. The Bertz CT molecular complexity index is 455. The molecule has 0 atom stereocenters. The zero-order chi connectivity index (χ0) is 10.7. The zero-order valence-electron chi connectivity index (χ0n) is 7.81. The molecule has 0 aliphatic carbocycles. The Labute approximate surface area is 86.0 Å². The number of aromatic nitrogens is 2. The van der Waals surface area contributed by atoms with E-state index in [0.717, 1.165) is 0 Å². The Morgan fingerprint density at radius 3 is 2.53 bits per heavy atom. The molecule has 76 valence electrons. The lowest BCUT2D eigenvalue weighted by atomic mass is 10.3. The van der Waals surface area contributed by atoms with E-state index < -0.39 is 0 Å². The number of nitrogens with two attached hydrogens (primary N) is 1. The van der Waals surface area contributed by atoms with Gasteiger partial charge in [0.1, 0.15) is 11.6 Å². The SMILES string of the molecule is Nc1ccc(Nc2ccccc2F)nn1. The second kappa shape index (κ2) is 3.91. The summed E-state index contributed by atoms with van der Waals surface area (Å²) in [6.45, 7) is 0. The van der Waals surface area contributed by atoms with E-state index in [1.165, 1.54) is 6.07 Å². The lowest BCUT2D eigenvalue weighted by molar-refractivity contribution is 0.631. The average Bonchev–Trinajstić information content (AvgIpc) is 2.25. The quantitative estimate of drug-likeness (QED) is 0.784. The third-order valence-corrected chi connectivity index (χ3v) is 1.82. The van der Waals surface area contributed by atoms with Crippen LogP contribution in [0.15, 0.2) is 36.4 Å². The summed E-state index contributed by atoms with van der Waals surface area (Å²) in [5, 5.41) is 10.2. The van der Waals surface area contributed by atoms with Gasteiger partial charge in [-0.1, -0.05) is 12.1 Å². The maximum Gasteiger partial charge on any atom is 0.153 e. The van der Waals surface area contributed by atoms with Crippen LogP contribution in [-0.4, -0.2) is 10.2 Å². The number of para-hydroxylation sites is 1. The molecule has 0 saturated heterocycles. The highest BCUT2D eigenvalue weighted by Crippen LogP contribution is 2.17. The number of nitrogen functional groups attached to an aromatic ring is 1. The Morgan fingerprint density at radius 2 is 1.87 bits per heavy atom. The molecule has 0 fully saturated rings. The van der Waals surface area contributed by atoms with Crippen LogP contribution in [-0.2, 0) is 0 Å². The minimum atomic E-state index is -0.337. The summed E-state index contributed by atoms with van der Waals surface area (Å²) in [5.41, 5.74) is 5.73. The first-order valence-corrected chi connectivity index (χ1v) is 4.36. The van der Waals surface area contributed by atoms with Gasteiger partial charge in [-0.3, -0.25) is 0 Å². The lowest BCUT2D eigenvalue weighted by Gasteiger charge is -2.05. The minimum absolute atomic E-state index is 0.328. The standard InChI is InChI=1S/C10H9FN4/c11-7-3-1-2-4-8(7)13-10-6-5-9(12)14-15-10/h1-6H,(H2,12,14)(H,13,15). The van der Waals surface area contributed by atoms with Crippen LogP contribution in [0.1, 0.15) is 0 Å². The molecule has 0 radical (unpaired) electrons. The molecular weight excluding hydrogens is 195 g/mol. The number of benzene rings is 1. The Hall–Kier alpha value is -2.17. The molecule has 0 saturated carbocycles. The van der Waals surface area contributed by atoms with Crippen molar-refractivity contribution in [1.82, 2.24) is 10.2 Å². The molecule has 2 rings (SSSR count). The average molecular weight is 204 g/mol. The number of rotatable bonds is 2. The van der Waals surface area contributed by atoms with Gasteiger partial charge in [0.05, 0.1) is 5.69 Å². The van der Waals surface area contributed by atoms with E-state index in [1.807, 2.05) is 0 Å². The van der Waals surface area contributed by atoms with Crippen LogP contribution in [0.4, 0.5) is 21.7 Å². The first kappa shape index (κ1) is 9.39. The third-order valence-electron chi connectivity index (χ3n) is 1.82. The Morgan fingerprint density at radius 1 is 1.07 bits per heavy atom. The number of nitrogens with one attached hydrogen (secondary N) is 1. The first-order chi connectivity index (χ1) is 7.25. The molecule has 4 nitrogen and oxygen atoms in total. The molecule has 0 amide bonds. The van der Waals surface area contributed by atoms with Gasteiger partial charge in [0.2, 0.25) is 0 Å². The topological polar surface area (TPSA) is 63.8 Å². The third kappa shape index (κ3) is 2.19. The van der Waals surface area contributed by atoms with Crippen molar-refractivity contribution in [2.75, 3.05) is 11.1 Å². The second-order valence-electron chi connectivity index (χ2n) is 2.95. The maximum absolute atomic E-state index is 13.2. The lowest BCUT2D eigenvalue weighted by Crippen LogP contribution is -1.99. The molecular formula is C10H9FN4. The molecule has 15 heavy (non-hydrogen) atoms. The number of halogens is 1. The van der Waals surface area contributed by atoms with E-state index in [2.05, 4.69) is 15.5 Å². The van der Waals surface area contributed by atoms with Crippen LogP contribution in [0.5, 0.6) is 0 Å². The van der Waals surface area contributed by atoms with Crippen LogP contribution >= 0.6 is 0 Å². The predicted molar refractivity (Wildman–Crippen MR) is 56.1 cm³/mol. The van der Waals surface area contributed by atoms with Crippen LogP contribution in [0.2, 0.25) is 0 Å². The van der Waals surface area contributed by atoms with Gasteiger partial charge in [-0.2, -0.15) is 0 Å². The molecule has 5 heteroatoms. The van der Waals surface area contributed by atoms with Gasteiger partial charge < -0.3 is 11.1 Å². The summed E-state index contributed by atoms with van der Waals surface area (Å²) in [7, 11) is 0. The van der Waals surface area contributed by atoms with Gasteiger partial charge >= 0.3 is 0 Å². The summed E-state index contributed by atoms with van der Waals surface area (Å²) in [4.78, 5) is 0. The van der Waals surface area contributed by atoms with Crippen molar-refractivity contribution in [2.24, 2.45) is 0 Å². The first-order valence-electron chi connectivity index (χ1n) is 4.36. The van der Waals surface area contributed by atoms with Crippen molar-refractivity contribution < 1.29 is 4.39 Å². The smallest absolute Gasteiger partial charge is 0.153 e. The number of hydrogen-bond acceptors (Lipinski definition) is 4. The fraction of sp³-hybridized carbons (Fsp3) is 0. The van der Waals surface area contributed by atoms with Crippen molar-refractivity contribution in [3.05, 3.63) is 42.2 Å². The molecule has 0 spiro atoms. The van der Waals surface area contributed by atoms with E-state index >= 15 is 0 Å². The van der Waals surface area contributed by atoms with Crippen LogP contribution in [0, 0.1) is 5.82 Å². The summed E-state index contributed by atoms with van der Waals surface area (Å²) >= 11 is 0. The van der Waals surface area contributed by atoms with E-state index in [0.29, 0.717) is 17.3 Å². The second-order valence-corrected chi connectivity index (χ2v) is 2.95. The van der Waals surface area contributed by atoms with Gasteiger partial charge in [-0.25, -0.2) is 4.39 Å². The Balaban J connectivity index is 2.22. The van der Waals surface area contributed by atoms with Crippen molar-refractivity contribution in [2.45, 2.75) is 0 Å². The molecule has 0 bridgehead atoms. The number of hydrogen-bond donors (Lipinski definition) is 2. The highest BCUT2D eigenvalue weighted by Gasteiger charge is 2.01. The molecule has 0 aliphatic heterocycles. The summed E-state index contributed by atoms with van der Waals surface area (Å²) < 4.78 is 13.2. The van der Waals surface area contributed by atoms with E-state index in [1.54, 1.807) is 30.3 Å². The fourth-order valence-corrected chi connectivity index (χ4v) is 1.11. The van der Waals surface area contributed by atoms with Gasteiger partial charge in [0.25, 0.3) is 0 Å². The van der Waals surface area contributed by atoms with Crippen LogP contribution < -0.4 is 11.1 Å². The van der Waals surface area contributed by atoms with Crippen molar-refractivity contribution in [3.63, 3.8) is 0 Å². The summed E-state index contributed by atoms with van der Waals surface area (Å²) in [5.74, 6) is 0.444. The van der Waals surface area contributed by atoms with Crippen molar-refractivity contribution >= 4 is 17.3 Å². The molecule has 1 heterocycles. The normalized spacial score (nSPS) is 9.93. The number of nitrogens with zero attached hydrogens (tertiary/aromatic N) is 2. The molecule has 3 N–H and O–H groups in total. The van der Waals surface area contributed by atoms with Crippen molar-refractivity contribution in [3.8, 4) is 0 Å². The molecule has 0 aliphatic rings. The Kier molecular flexibility index (Phi) is 2.45. The zero-order valence-corrected chi connectivity index (χ0v) is 7.81. The van der Waals surface area contributed by atoms with Crippen LogP contribution in [0.3, 0.4) is 0 Å². The van der Waals surface area contributed by atoms with Gasteiger partial charge in [-0.05, 0) is 24.3 Å². The minimum Gasteiger partial charge on any atom is -0.382 e. The molecule has 0 unspecified atom stereocenters. The largest absolute Gasteiger partial charge is 0.382 e. The van der Waals surface area contributed by atoms with Gasteiger partial charge in [-0.15, -0.1) is 10.2 Å².